The first-order valence-electron chi connectivity index (χ1n) is 9.60. The van der Waals surface area contributed by atoms with E-state index >= 15 is 0 Å². The van der Waals surface area contributed by atoms with Gasteiger partial charge in [0.25, 0.3) is 5.56 Å². The second-order valence-corrected chi connectivity index (χ2v) is 8.34. The monoisotopic (exact) mass is 412 g/mol. The fourth-order valence-corrected chi connectivity index (χ4v) is 4.13. The van der Waals surface area contributed by atoms with Crippen LogP contribution in [0.25, 0.3) is 11.2 Å². The Kier molecular flexibility index (Phi) is 8.70. The Hall–Kier alpha value is -1.47. The Balaban J connectivity index is 2.20. The van der Waals surface area contributed by atoms with Gasteiger partial charge in [-0.1, -0.05) is 74.9 Å². The highest BCUT2D eigenvalue weighted by molar-refractivity contribution is 7.99. The molecule has 2 rings (SSSR count). The third-order valence-corrected chi connectivity index (χ3v) is 5.59. The zero-order chi connectivity index (χ0) is 19.8. The maximum absolute atomic E-state index is 12.4. The summed E-state index contributed by atoms with van der Waals surface area (Å²) in [4.78, 5) is 31.2. The van der Waals surface area contributed by atoms with E-state index in [4.69, 9.17) is 11.6 Å². The summed E-state index contributed by atoms with van der Waals surface area (Å²) in [5, 5.41) is 1.47. The Labute approximate surface area is 169 Å². The van der Waals surface area contributed by atoms with Crippen molar-refractivity contribution in [1.29, 1.82) is 0 Å². The number of halogens is 1. The number of H-pyrrole nitrogens is 1. The summed E-state index contributed by atoms with van der Waals surface area (Å²) in [6.45, 7) is 4.77. The van der Waals surface area contributed by atoms with Gasteiger partial charge in [0.1, 0.15) is 0 Å². The van der Waals surface area contributed by atoms with Crippen LogP contribution in [0.4, 0.5) is 0 Å². The van der Waals surface area contributed by atoms with Crippen molar-refractivity contribution in [1.82, 2.24) is 19.1 Å². The van der Waals surface area contributed by atoms with Gasteiger partial charge in [-0.05, 0) is 13.3 Å². The van der Waals surface area contributed by atoms with E-state index in [1.807, 2.05) is 17.6 Å². The predicted molar refractivity (Wildman–Crippen MR) is 114 cm³/mol. The molecule has 0 spiro atoms. The molecule has 0 amide bonds. The number of unbranched alkanes of at least 4 members (excludes halogenated alkanes) is 6. The van der Waals surface area contributed by atoms with Gasteiger partial charge in [-0.25, -0.2) is 9.78 Å². The van der Waals surface area contributed by atoms with Gasteiger partial charge >= 0.3 is 5.69 Å². The van der Waals surface area contributed by atoms with Crippen LogP contribution in [0.5, 0.6) is 0 Å². The predicted octanol–water partition coefficient (Wildman–Crippen LogP) is 4.41. The molecule has 0 aromatic carbocycles. The number of rotatable bonds is 11. The fourth-order valence-electron chi connectivity index (χ4n) is 2.99. The number of nitrogens with zero attached hydrogens (tertiary/aromatic N) is 3. The summed E-state index contributed by atoms with van der Waals surface area (Å²) >= 11 is 7.43. The van der Waals surface area contributed by atoms with E-state index in [1.165, 1.54) is 48.4 Å². The van der Waals surface area contributed by atoms with E-state index in [0.717, 1.165) is 29.6 Å². The largest absolute Gasteiger partial charge is 0.329 e. The number of hydrogen-bond acceptors (Lipinski definition) is 4. The van der Waals surface area contributed by atoms with Gasteiger partial charge in [-0.3, -0.25) is 14.3 Å². The lowest BCUT2D eigenvalue weighted by molar-refractivity contribution is 0.538. The Morgan fingerprint density at radius 3 is 2.52 bits per heavy atom. The normalized spacial score (nSPS) is 12.2. The van der Waals surface area contributed by atoms with Crippen molar-refractivity contribution in [2.75, 3.05) is 5.75 Å². The van der Waals surface area contributed by atoms with Crippen molar-refractivity contribution >= 4 is 34.5 Å². The van der Waals surface area contributed by atoms with Gasteiger partial charge in [0.15, 0.2) is 16.3 Å². The van der Waals surface area contributed by atoms with E-state index in [9.17, 15) is 9.59 Å². The van der Waals surface area contributed by atoms with E-state index in [1.54, 1.807) is 7.05 Å². The Bertz CT molecular complexity index is 893. The van der Waals surface area contributed by atoms with Crippen LogP contribution in [0.1, 0.15) is 58.8 Å². The van der Waals surface area contributed by atoms with Gasteiger partial charge in [-0.2, -0.15) is 0 Å². The molecule has 1 N–H and O–H groups in total. The second kappa shape index (κ2) is 10.8. The molecule has 0 atom stereocenters. The van der Waals surface area contributed by atoms with Crippen LogP contribution >= 0.6 is 23.4 Å². The third-order valence-electron chi connectivity index (χ3n) is 4.53. The van der Waals surface area contributed by atoms with Crippen LogP contribution in [0.3, 0.4) is 0 Å². The van der Waals surface area contributed by atoms with E-state index in [2.05, 4.69) is 16.9 Å². The van der Waals surface area contributed by atoms with Crippen LogP contribution in [-0.2, 0) is 13.6 Å². The molecule has 8 heteroatoms. The molecule has 27 heavy (non-hydrogen) atoms. The standard InChI is InChI=1S/C19H29ClN4O2S/c1-4-5-6-7-8-9-10-12-24-15-16(23(3)18(26)22-17(15)25)21-19(24)27-13-11-14(2)20/h11H,4-10,12-13H2,1-3H3,(H,22,25,26). The number of imidazole rings is 1. The lowest BCUT2D eigenvalue weighted by Crippen LogP contribution is -2.29. The van der Waals surface area contributed by atoms with Crippen molar-refractivity contribution in [2.45, 2.75) is 70.5 Å². The number of aryl methyl sites for hydroxylation is 2. The smallest absolute Gasteiger partial charge is 0.313 e. The summed E-state index contributed by atoms with van der Waals surface area (Å²) in [5.41, 5.74) is 0.0820. The maximum Gasteiger partial charge on any atom is 0.329 e. The molecule has 0 unspecified atom stereocenters. The Morgan fingerprint density at radius 1 is 1.19 bits per heavy atom. The fraction of sp³-hybridized carbons (Fsp3) is 0.632. The molecule has 6 nitrogen and oxygen atoms in total. The van der Waals surface area contributed by atoms with Crippen LogP contribution in [0.2, 0.25) is 0 Å². The minimum absolute atomic E-state index is 0.375. The number of allylic oxidation sites excluding steroid dienone is 1. The van der Waals surface area contributed by atoms with Gasteiger partial charge in [0.05, 0.1) is 0 Å². The molecule has 0 aliphatic heterocycles. The first-order chi connectivity index (χ1) is 13.0. The average Bonchev–Trinajstić information content (AvgIpc) is 2.98. The summed E-state index contributed by atoms with van der Waals surface area (Å²) in [7, 11) is 1.63. The summed E-state index contributed by atoms with van der Waals surface area (Å²) < 4.78 is 3.34. The summed E-state index contributed by atoms with van der Waals surface area (Å²) in [5.74, 6) is 0.668. The highest BCUT2D eigenvalue weighted by atomic mass is 35.5. The number of hydrogen-bond donors (Lipinski definition) is 1. The van der Waals surface area contributed by atoms with Crippen molar-refractivity contribution in [2.24, 2.45) is 7.05 Å². The van der Waals surface area contributed by atoms with Gasteiger partial charge in [0, 0.05) is 24.4 Å². The van der Waals surface area contributed by atoms with Crippen molar-refractivity contribution in [3.05, 3.63) is 31.9 Å². The lowest BCUT2D eigenvalue weighted by atomic mass is 10.1. The van der Waals surface area contributed by atoms with Gasteiger partial charge in [-0.15, -0.1) is 0 Å². The first-order valence-corrected chi connectivity index (χ1v) is 11.0. The molecule has 2 heterocycles. The van der Waals surface area contributed by atoms with Crippen LogP contribution in [0.15, 0.2) is 25.9 Å². The molecule has 0 saturated heterocycles. The molecule has 0 radical (unpaired) electrons. The second-order valence-electron chi connectivity index (χ2n) is 6.76. The highest BCUT2D eigenvalue weighted by Gasteiger charge is 2.17. The summed E-state index contributed by atoms with van der Waals surface area (Å²) in [6.07, 6.45) is 10.3. The zero-order valence-electron chi connectivity index (χ0n) is 16.4. The Morgan fingerprint density at radius 2 is 1.85 bits per heavy atom. The zero-order valence-corrected chi connectivity index (χ0v) is 18.0. The van der Waals surface area contributed by atoms with E-state index in [-0.39, 0.29) is 5.56 Å². The van der Waals surface area contributed by atoms with E-state index < -0.39 is 5.69 Å². The highest BCUT2D eigenvalue weighted by Crippen LogP contribution is 2.23. The van der Waals surface area contributed by atoms with E-state index in [0.29, 0.717) is 16.9 Å². The molecule has 150 valence electrons. The molecule has 2 aromatic heterocycles. The molecular formula is C19H29ClN4O2S. The minimum atomic E-state index is -0.443. The van der Waals surface area contributed by atoms with Crippen molar-refractivity contribution in [3.63, 3.8) is 0 Å². The molecule has 0 fully saturated rings. The maximum atomic E-state index is 12.4. The quantitative estimate of drug-likeness (QED) is 0.438. The SMILES string of the molecule is CCCCCCCCCn1c(SCC=C(C)Cl)nc2c1c(=O)[nH]c(=O)n2C. The van der Waals surface area contributed by atoms with Crippen molar-refractivity contribution < 1.29 is 0 Å². The number of thioether (sulfide) groups is 1. The van der Waals surface area contributed by atoms with Gasteiger partial charge < -0.3 is 4.57 Å². The topological polar surface area (TPSA) is 72.7 Å². The number of fused-ring (bicyclic) bond motifs is 1. The van der Waals surface area contributed by atoms with Gasteiger partial charge in [0.2, 0.25) is 0 Å². The third kappa shape index (κ3) is 6.01. The average molecular weight is 413 g/mol. The first kappa shape index (κ1) is 21.8. The van der Waals surface area contributed by atoms with Crippen molar-refractivity contribution in [3.8, 4) is 0 Å². The number of nitrogens with one attached hydrogen (secondary N) is 1. The molecule has 0 bridgehead atoms. The summed E-state index contributed by atoms with van der Waals surface area (Å²) in [6, 6.07) is 0. The molecule has 0 aliphatic rings. The lowest BCUT2D eigenvalue weighted by Gasteiger charge is -2.08. The van der Waals surface area contributed by atoms with Crippen LogP contribution < -0.4 is 11.2 Å². The molecule has 0 saturated carbocycles. The van der Waals surface area contributed by atoms with Crippen LogP contribution in [-0.4, -0.2) is 24.9 Å². The minimum Gasteiger partial charge on any atom is -0.313 e. The molecule has 0 aliphatic carbocycles. The molecule has 2 aromatic rings. The van der Waals surface area contributed by atoms with Crippen LogP contribution in [0, 0.1) is 0 Å². The number of aromatic amines is 1. The molecular weight excluding hydrogens is 384 g/mol. The number of aromatic nitrogens is 4.